The normalized spacial score (nSPS) is 14.9. The van der Waals surface area contributed by atoms with Gasteiger partial charge in [0.2, 0.25) is 0 Å². The highest BCUT2D eigenvalue weighted by molar-refractivity contribution is 5.54. The molecule has 0 spiro atoms. The minimum atomic E-state index is 0.605. The third kappa shape index (κ3) is 1.95. The van der Waals surface area contributed by atoms with E-state index in [1.54, 1.807) is 12.4 Å². The molecule has 6 nitrogen and oxygen atoms in total. The molecule has 6 heteroatoms. The number of hydrogen-bond acceptors (Lipinski definition) is 5. The summed E-state index contributed by atoms with van der Waals surface area (Å²) in [5.74, 6) is 7.59. The average Bonchev–Trinajstić information content (AvgIpc) is 2.83. The summed E-state index contributed by atoms with van der Waals surface area (Å²) in [5, 5.41) is 0. The second kappa shape index (κ2) is 4.73. The van der Waals surface area contributed by atoms with E-state index >= 15 is 0 Å². The minimum Gasteiger partial charge on any atom is -0.342 e. The van der Waals surface area contributed by atoms with Crippen LogP contribution in [0.3, 0.4) is 0 Å². The van der Waals surface area contributed by atoms with Crippen LogP contribution >= 0.6 is 0 Å². The Morgan fingerprint density at radius 2 is 2.06 bits per heavy atom. The lowest BCUT2D eigenvalue weighted by molar-refractivity contribution is 0.709. The molecule has 0 saturated carbocycles. The van der Waals surface area contributed by atoms with Gasteiger partial charge in [0.25, 0.3) is 0 Å². The highest BCUT2D eigenvalue weighted by Crippen LogP contribution is 2.26. The smallest absolute Gasteiger partial charge is 0.197 e. The maximum Gasteiger partial charge on any atom is 0.197 e. The number of aryl methyl sites for hydroxylation is 1. The maximum absolute atomic E-state index is 5.58. The van der Waals surface area contributed by atoms with Gasteiger partial charge >= 0.3 is 0 Å². The molecule has 0 amide bonds. The van der Waals surface area contributed by atoms with Gasteiger partial charge in [-0.1, -0.05) is 6.42 Å². The van der Waals surface area contributed by atoms with E-state index in [0.29, 0.717) is 11.6 Å². The first-order chi connectivity index (χ1) is 8.88. The van der Waals surface area contributed by atoms with Gasteiger partial charge in [0, 0.05) is 23.7 Å². The molecule has 2 aromatic rings. The molecular weight excluding hydrogens is 228 g/mol. The van der Waals surface area contributed by atoms with Crippen molar-refractivity contribution in [1.82, 2.24) is 19.9 Å². The molecule has 2 aromatic heterocycles. The Kier molecular flexibility index (Phi) is 2.93. The van der Waals surface area contributed by atoms with E-state index in [1.807, 2.05) is 0 Å². The number of aromatic nitrogens is 4. The fourth-order valence-corrected chi connectivity index (χ4v) is 2.38. The number of anilines is 1. The second-order valence-electron chi connectivity index (χ2n) is 4.46. The first kappa shape index (κ1) is 11.2. The van der Waals surface area contributed by atoms with Gasteiger partial charge in [-0.05, 0) is 25.7 Å². The molecule has 0 aromatic carbocycles. The summed E-state index contributed by atoms with van der Waals surface area (Å²) in [7, 11) is 0. The number of aromatic amines is 1. The molecule has 94 valence electrons. The number of imidazole rings is 1. The monoisotopic (exact) mass is 244 g/mol. The molecule has 1 aliphatic carbocycles. The van der Waals surface area contributed by atoms with Crippen molar-refractivity contribution in [1.29, 1.82) is 0 Å². The van der Waals surface area contributed by atoms with Gasteiger partial charge in [0.1, 0.15) is 5.82 Å². The molecular formula is C12H16N6. The van der Waals surface area contributed by atoms with Gasteiger partial charge < -0.3 is 10.4 Å². The quantitative estimate of drug-likeness (QED) is 0.422. The van der Waals surface area contributed by atoms with Gasteiger partial charge in [0.15, 0.2) is 11.6 Å². The van der Waals surface area contributed by atoms with E-state index in [2.05, 4.69) is 25.4 Å². The number of nitrogen functional groups attached to an aromatic ring is 1. The Bertz CT molecular complexity index is 534. The summed E-state index contributed by atoms with van der Waals surface area (Å²) in [6.45, 7) is 0. The van der Waals surface area contributed by atoms with Gasteiger partial charge in [-0.15, -0.1) is 0 Å². The van der Waals surface area contributed by atoms with Crippen LogP contribution in [0.25, 0.3) is 11.6 Å². The molecule has 0 aliphatic heterocycles. The van der Waals surface area contributed by atoms with Gasteiger partial charge in [-0.3, -0.25) is 0 Å². The Morgan fingerprint density at radius 1 is 1.17 bits per heavy atom. The van der Waals surface area contributed by atoms with Crippen molar-refractivity contribution in [2.45, 2.75) is 32.1 Å². The number of rotatable bonds is 2. The lowest BCUT2D eigenvalue weighted by Gasteiger charge is -2.11. The SMILES string of the molecule is NNc1nc(-c2ncc[nH]2)nc2c1CCCCC2. The zero-order chi connectivity index (χ0) is 12.4. The highest BCUT2D eigenvalue weighted by Gasteiger charge is 2.17. The Balaban J connectivity index is 2.10. The molecule has 0 fully saturated rings. The van der Waals surface area contributed by atoms with Crippen molar-refractivity contribution < 1.29 is 0 Å². The predicted molar refractivity (Wildman–Crippen MR) is 68.7 cm³/mol. The summed E-state index contributed by atoms with van der Waals surface area (Å²) in [6.07, 6.45) is 9.01. The van der Waals surface area contributed by atoms with Crippen LogP contribution in [0.4, 0.5) is 5.82 Å². The van der Waals surface area contributed by atoms with Crippen molar-refractivity contribution in [3.63, 3.8) is 0 Å². The second-order valence-corrected chi connectivity index (χ2v) is 4.46. The standard InChI is InChI=1S/C12H16N6/c13-18-10-8-4-2-1-3-5-9(8)16-12(17-10)11-14-6-7-15-11/h6-7H,1-5,13H2,(H,14,15)(H,16,17,18). The maximum atomic E-state index is 5.58. The molecule has 1 aliphatic rings. The van der Waals surface area contributed by atoms with Gasteiger partial charge in [0.05, 0.1) is 0 Å². The van der Waals surface area contributed by atoms with Crippen molar-refractivity contribution >= 4 is 5.82 Å². The number of hydrogen-bond donors (Lipinski definition) is 3. The third-order valence-electron chi connectivity index (χ3n) is 3.28. The number of hydrazine groups is 1. The topological polar surface area (TPSA) is 92.5 Å². The summed E-state index contributed by atoms with van der Waals surface area (Å²) in [6, 6.07) is 0. The van der Waals surface area contributed by atoms with Crippen LogP contribution in [0.1, 0.15) is 30.5 Å². The van der Waals surface area contributed by atoms with Gasteiger partial charge in [-0.2, -0.15) is 0 Å². The Labute approximate surface area is 105 Å². The minimum absolute atomic E-state index is 0.605. The average molecular weight is 244 g/mol. The predicted octanol–water partition coefficient (Wildman–Crippen LogP) is 1.42. The Morgan fingerprint density at radius 3 is 2.83 bits per heavy atom. The van der Waals surface area contributed by atoms with Crippen LogP contribution in [0, 0.1) is 0 Å². The van der Waals surface area contributed by atoms with Crippen molar-refractivity contribution in [3.05, 3.63) is 23.7 Å². The first-order valence-electron chi connectivity index (χ1n) is 6.24. The lowest BCUT2D eigenvalue weighted by Crippen LogP contribution is -2.14. The summed E-state index contributed by atoms with van der Waals surface area (Å²) in [4.78, 5) is 16.3. The Hall–Kier alpha value is -1.95. The molecule has 0 bridgehead atoms. The molecule has 4 N–H and O–H groups in total. The number of fused-ring (bicyclic) bond motifs is 1. The van der Waals surface area contributed by atoms with Crippen molar-refractivity contribution in [3.8, 4) is 11.6 Å². The largest absolute Gasteiger partial charge is 0.342 e. The van der Waals surface area contributed by atoms with Crippen molar-refractivity contribution in [2.75, 3.05) is 5.43 Å². The summed E-state index contributed by atoms with van der Waals surface area (Å²) < 4.78 is 0. The lowest BCUT2D eigenvalue weighted by atomic mass is 10.1. The molecule has 0 atom stereocenters. The summed E-state index contributed by atoms with van der Waals surface area (Å²) in [5.41, 5.74) is 4.95. The number of H-pyrrole nitrogens is 1. The fourth-order valence-electron chi connectivity index (χ4n) is 2.38. The molecule has 3 rings (SSSR count). The van der Waals surface area contributed by atoms with Crippen LogP contribution < -0.4 is 11.3 Å². The van der Waals surface area contributed by atoms with E-state index in [-0.39, 0.29) is 0 Å². The van der Waals surface area contributed by atoms with E-state index in [4.69, 9.17) is 5.84 Å². The van der Waals surface area contributed by atoms with Crippen LogP contribution in [-0.2, 0) is 12.8 Å². The summed E-state index contributed by atoms with van der Waals surface area (Å²) >= 11 is 0. The van der Waals surface area contributed by atoms with Crippen LogP contribution in [0.2, 0.25) is 0 Å². The number of nitrogens with one attached hydrogen (secondary N) is 2. The van der Waals surface area contributed by atoms with Crippen LogP contribution in [0.15, 0.2) is 12.4 Å². The van der Waals surface area contributed by atoms with E-state index in [9.17, 15) is 0 Å². The molecule has 0 radical (unpaired) electrons. The zero-order valence-corrected chi connectivity index (χ0v) is 10.1. The van der Waals surface area contributed by atoms with Crippen LogP contribution in [-0.4, -0.2) is 19.9 Å². The van der Waals surface area contributed by atoms with Crippen LogP contribution in [0.5, 0.6) is 0 Å². The first-order valence-corrected chi connectivity index (χ1v) is 6.24. The fraction of sp³-hybridized carbons (Fsp3) is 0.417. The number of nitrogens with two attached hydrogens (primary N) is 1. The third-order valence-corrected chi connectivity index (χ3v) is 3.28. The molecule has 18 heavy (non-hydrogen) atoms. The van der Waals surface area contributed by atoms with E-state index in [0.717, 1.165) is 29.9 Å². The highest BCUT2D eigenvalue weighted by atomic mass is 15.3. The molecule has 0 unspecified atom stereocenters. The zero-order valence-electron chi connectivity index (χ0n) is 10.1. The molecule has 2 heterocycles. The van der Waals surface area contributed by atoms with Crippen molar-refractivity contribution in [2.24, 2.45) is 5.84 Å². The molecule has 0 saturated heterocycles. The van der Waals surface area contributed by atoms with E-state index < -0.39 is 0 Å². The van der Waals surface area contributed by atoms with E-state index in [1.165, 1.54) is 19.3 Å². The van der Waals surface area contributed by atoms with Gasteiger partial charge in [-0.25, -0.2) is 20.8 Å². The number of nitrogens with zero attached hydrogens (tertiary/aromatic N) is 3.